The van der Waals surface area contributed by atoms with Crippen molar-refractivity contribution in [2.24, 2.45) is 5.92 Å². The Morgan fingerprint density at radius 3 is 3.08 bits per heavy atom. The van der Waals surface area contributed by atoms with E-state index in [4.69, 9.17) is 4.74 Å². The second-order valence-corrected chi connectivity index (χ2v) is 4.33. The molecule has 1 rings (SSSR count). The number of rotatable bonds is 5. The number of nitrogens with one attached hydrogen (secondary N) is 1. The van der Waals surface area contributed by atoms with Crippen molar-refractivity contribution < 1.29 is 4.74 Å². The van der Waals surface area contributed by atoms with Gasteiger partial charge in [0, 0.05) is 24.2 Å². The van der Waals surface area contributed by atoms with Crippen molar-refractivity contribution in [3.05, 3.63) is 11.1 Å². The molecule has 1 unspecified atom stereocenters. The van der Waals surface area contributed by atoms with Crippen molar-refractivity contribution in [2.45, 2.75) is 12.8 Å². The number of ether oxygens (including phenoxy) is 1. The first-order chi connectivity index (χ1) is 5.79. The first-order valence-electron chi connectivity index (χ1n) is 4.41. The molecule has 0 saturated carbocycles. The molecule has 2 nitrogen and oxygen atoms in total. The van der Waals surface area contributed by atoms with Gasteiger partial charge in [-0.15, -0.1) is 0 Å². The minimum atomic E-state index is 0.779. The van der Waals surface area contributed by atoms with E-state index >= 15 is 0 Å². The Labute approximate surface area is 82.5 Å². The summed E-state index contributed by atoms with van der Waals surface area (Å²) in [5, 5.41) is 3.31. The topological polar surface area (TPSA) is 21.3 Å². The Morgan fingerprint density at radius 2 is 2.50 bits per heavy atom. The number of halogens is 1. The molecule has 1 saturated heterocycles. The quantitative estimate of drug-likeness (QED) is 0.733. The summed E-state index contributed by atoms with van der Waals surface area (Å²) in [7, 11) is 0. The monoisotopic (exact) mass is 233 g/mol. The van der Waals surface area contributed by atoms with Crippen LogP contribution in [0, 0.1) is 5.92 Å². The standard InChI is InChI=1S/C9H16BrNO/c1-8(10)6-11-4-2-9-3-5-12-7-9/h9,11H,1-7H2. The van der Waals surface area contributed by atoms with Crippen LogP contribution in [-0.2, 0) is 4.74 Å². The molecular weight excluding hydrogens is 218 g/mol. The molecule has 1 aliphatic rings. The van der Waals surface area contributed by atoms with Gasteiger partial charge in [-0.3, -0.25) is 0 Å². The Hall–Kier alpha value is 0.140. The van der Waals surface area contributed by atoms with Gasteiger partial charge >= 0.3 is 0 Å². The van der Waals surface area contributed by atoms with E-state index in [9.17, 15) is 0 Å². The minimum Gasteiger partial charge on any atom is -0.381 e. The fraction of sp³-hybridized carbons (Fsp3) is 0.778. The summed E-state index contributed by atoms with van der Waals surface area (Å²) in [5.74, 6) is 0.779. The smallest absolute Gasteiger partial charge is 0.0495 e. The van der Waals surface area contributed by atoms with E-state index in [1.807, 2.05) is 0 Å². The molecule has 3 heteroatoms. The van der Waals surface area contributed by atoms with Gasteiger partial charge < -0.3 is 10.1 Å². The van der Waals surface area contributed by atoms with Gasteiger partial charge in [-0.25, -0.2) is 0 Å². The van der Waals surface area contributed by atoms with Gasteiger partial charge in [-0.1, -0.05) is 22.5 Å². The van der Waals surface area contributed by atoms with Crippen molar-refractivity contribution in [1.29, 1.82) is 0 Å². The number of hydrogen-bond acceptors (Lipinski definition) is 2. The lowest BCUT2D eigenvalue weighted by molar-refractivity contribution is 0.184. The minimum absolute atomic E-state index is 0.779. The Morgan fingerprint density at radius 1 is 1.67 bits per heavy atom. The summed E-state index contributed by atoms with van der Waals surface area (Å²) >= 11 is 3.31. The molecule has 1 heterocycles. The maximum atomic E-state index is 5.28. The molecular formula is C9H16BrNO. The van der Waals surface area contributed by atoms with Gasteiger partial charge in [0.2, 0.25) is 0 Å². The Bertz CT molecular complexity index is 143. The molecule has 0 aromatic heterocycles. The molecule has 0 aromatic rings. The molecule has 1 fully saturated rings. The normalized spacial score (nSPS) is 22.9. The van der Waals surface area contributed by atoms with E-state index in [0.717, 1.165) is 36.7 Å². The molecule has 1 atom stereocenters. The van der Waals surface area contributed by atoms with Crippen LogP contribution < -0.4 is 5.32 Å². The summed E-state index contributed by atoms with van der Waals surface area (Å²) < 4.78 is 6.30. The maximum absolute atomic E-state index is 5.28. The second-order valence-electron chi connectivity index (χ2n) is 3.21. The largest absolute Gasteiger partial charge is 0.381 e. The lowest BCUT2D eigenvalue weighted by Crippen LogP contribution is -2.19. The predicted octanol–water partition coefficient (Wildman–Crippen LogP) is 1.91. The average molecular weight is 234 g/mol. The van der Waals surface area contributed by atoms with Crippen LogP contribution in [0.4, 0.5) is 0 Å². The zero-order valence-corrected chi connectivity index (χ0v) is 8.90. The first kappa shape index (κ1) is 10.2. The summed E-state index contributed by atoms with van der Waals surface area (Å²) in [6.45, 7) is 7.60. The average Bonchev–Trinajstić information content (AvgIpc) is 2.49. The molecule has 70 valence electrons. The molecule has 1 aliphatic heterocycles. The Balaban J connectivity index is 1.91. The van der Waals surface area contributed by atoms with Crippen molar-refractivity contribution in [3.8, 4) is 0 Å². The number of hydrogen-bond donors (Lipinski definition) is 1. The van der Waals surface area contributed by atoms with Crippen LogP contribution in [0.2, 0.25) is 0 Å². The second kappa shape index (κ2) is 5.73. The van der Waals surface area contributed by atoms with E-state index in [1.165, 1.54) is 12.8 Å². The highest BCUT2D eigenvalue weighted by molar-refractivity contribution is 9.11. The van der Waals surface area contributed by atoms with Crippen LogP contribution in [-0.4, -0.2) is 26.3 Å². The zero-order chi connectivity index (χ0) is 8.81. The van der Waals surface area contributed by atoms with Gasteiger partial charge in [0.25, 0.3) is 0 Å². The highest BCUT2D eigenvalue weighted by Crippen LogP contribution is 2.15. The highest BCUT2D eigenvalue weighted by atomic mass is 79.9. The van der Waals surface area contributed by atoms with Crippen LogP contribution in [0.3, 0.4) is 0 Å². The molecule has 1 N–H and O–H groups in total. The van der Waals surface area contributed by atoms with Gasteiger partial charge in [-0.2, -0.15) is 0 Å². The van der Waals surface area contributed by atoms with Gasteiger partial charge in [0.15, 0.2) is 0 Å². The summed E-state index contributed by atoms with van der Waals surface area (Å²) in [4.78, 5) is 0. The summed E-state index contributed by atoms with van der Waals surface area (Å²) in [5.41, 5.74) is 0. The van der Waals surface area contributed by atoms with Gasteiger partial charge in [0.05, 0.1) is 0 Å². The molecule has 12 heavy (non-hydrogen) atoms. The molecule has 0 amide bonds. The van der Waals surface area contributed by atoms with E-state index in [0.29, 0.717) is 0 Å². The lowest BCUT2D eigenvalue weighted by Gasteiger charge is -2.07. The van der Waals surface area contributed by atoms with Gasteiger partial charge in [-0.05, 0) is 25.3 Å². The summed E-state index contributed by atoms with van der Waals surface area (Å²) in [6, 6.07) is 0. The first-order valence-corrected chi connectivity index (χ1v) is 5.20. The third-order valence-corrected chi connectivity index (χ3v) is 2.35. The Kier molecular flexibility index (Phi) is 4.88. The fourth-order valence-electron chi connectivity index (χ4n) is 1.34. The maximum Gasteiger partial charge on any atom is 0.0495 e. The van der Waals surface area contributed by atoms with Crippen LogP contribution in [0.1, 0.15) is 12.8 Å². The third-order valence-electron chi connectivity index (χ3n) is 2.07. The summed E-state index contributed by atoms with van der Waals surface area (Å²) in [6.07, 6.45) is 2.46. The van der Waals surface area contributed by atoms with Crippen molar-refractivity contribution >= 4 is 15.9 Å². The fourth-order valence-corrected chi connectivity index (χ4v) is 1.54. The zero-order valence-electron chi connectivity index (χ0n) is 7.31. The van der Waals surface area contributed by atoms with Crippen LogP contribution in [0.15, 0.2) is 11.1 Å². The van der Waals surface area contributed by atoms with Crippen molar-refractivity contribution in [3.63, 3.8) is 0 Å². The molecule has 0 bridgehead atoms. The predicted molar refractivity (Wildman–Crippen MR) is 54.5 cm³/mol. The third kappa shape index (κ3) is 4.24. The van der Waals surface area contributed by atoms with Crippen molar-refractivity contribution in [2.75, 3.05) is 26.3 Å². The van der Waals surface area contributed by atoms with Crippen LogP contribution in [0.5, 0.6) is 0 Å². The van der Waals surface area contributed by atoms with E-state index < -0.39 is 0 Å². The SMILES string of the molecule is C=C(Br)CNCCC1CCOC1. The molecule has 0 aromatic carbocycles. The van der Waals surface area contributed by atoms with Crippen LogP contribution in [0.25, 0.3) is 0 Å². The van der Waals surface area contributed by atoms with E-state index in [-0.39, 0.29) is 0 Å². The molecule has 0 aliphatic carbocycles. The molecule has 0 spiro atoms. The van der Waals surface area contributed by atoms with Gasteiger partial charge in [0.1, 0.15) is 0 Å². The van der Waals surface area contributed by atoms with Crippen LogP contribution >= 0.6 is 15.9 Å². The molecule has 0 radical (unpaired) electrons. The lowest BCUT2D eigenvalue weighted by atomic mass is 10.1. The highest BCUT2D eigenvalue weighted by Gasteiger charge is 2.14. The van der Waals surface area contributed by atoms with E-state index in [1.54, 1.807) is 0 Å². The van der Waals surface area contributed by atoms with Crippen molar-refractivity contribution in [1.82, 2.24) is 5.32 Å². The van der Waals surface area contributed by atoms with E-state index in [2.05, 4.69) is 27.8 Å².